The van der Waals surface area contributed by atoms with E-state index in [1.807, 2.05) is 6.92 Å². The molecule has 0 N–H and O–H groups in total. The van der Waals surface area contributed by atoms with Crippen LogP contribution in [0, 0.1) is 12.8 Å². The molecule has 0 saturated heterocycles. The van der Waals surface area contributed by atoms with E-state index in [4.69, 9.17) is 9.47 Å². The van der Waals surface area contributed by atoms with Gasteiger partial charge in [-0.2, -0.15) is 0 Å². The van der Waals surface area contributed by atoms with Crippen LogP contribution in [0.5, 0.6) is 0 Å². The van der Waals surface area contributed by atoms with Gasteiger partial charge in [0.05, 0.1) is 12.8 Å². The van der Waals surface area contributed by atoms with Crippen molar-refractivity contribution in [3.8, 4) is 0 Å². The van der Waals surface area contributed by atoms with Crippen LogP contribution in [0.25, 0.3) is 0 Å². The molecule has 0 aromatic carbocycles. The zero-order valence-electron chi connectivity index (χ0n) is 16.8. The molecule has 1 aliphatic rings. The van der Waals surface area contributed by atoms with E-state index >= 15 is 0 Å². The van der Waals surface area contributed by atoms with Crippen LogP contribution >= 0.6 is 11.3 Å². The average molecular weight is 396 g/mol. The van der Waals surface area contributed by atoms with Gasteiger partial charge in [0.15, 0.2) is 0 Å². The summed E-state index contributed by atoms with van der Waals surface area (Å²) in [5.41, 5.74) is -0.211. The normalized spacial score (nSPS) is 15.3. The van der Waals surface area contributed by atoms with Crippen LogP contribution in [0.15, 0.2) is 6.07 Å². The van der Waals surface area contributed by atoms with Gasteiger partial charge in [-0.3, -0.25) is 14.5 Å². The number of carbonyl (C=O) groups excluding carboxylic acids is 3. The van der Waals surface area contributed by atoms with E-state index in [0.717, 1.165) is 37.0 Å². The van der Waals surface area contributed by atoms with Crippen molar-refractivity contribution in [1.82, 2.24) is 0 Å². The van der Waals surface area contributed by atoms with Crippen molar-refractivity contribution >= 4 is 34.9 Å². The van der Waals surface area contributed by atoms with Crippen LogP contribution in [-0.4, -0.2) is 37.1 Å². The highest BCUT2D eigenvalue weighted by molar-refractivity contribution is 7.14. The van der Waals surface area contributed by atoms with Crippen molar-refractivity contribution in [2.24, 2.45) is 5.92 Å². The minimum absolute atomic E-state index is 0.122. The molecule has 6 nitrogen and oxygen atoms in total. The van der Waals surface area contributed by atoms with Crippen LogP contribution in [0.4, 0.5) is 5.69 Å². The van der Waals surface area contributed by atoms with Gasteiger partial charge in [-0.25, -0.2) is 4.79 Å². The SMILES string of the molecule is COC(=O)c1sc(C)cc1N(CC(=O)OC(C)(C)C)C(=O)C1CCCCC1. The number of thiophene rings is 1. The summed E-state index contributed by atoms with van der Waals surface area (Å²) in [6, 6.07) is 1.77. The summed E-state index contributed by atoms with van der Waals surface area (Å²) in [4.78, 5) is 40.5. The molecular weight excluding hydrogens is 366 g/mol. The maximum atomic E-state index is 13.2. The second-order valence-corrected chi connectivity index (χ2v) is 9.17. The van der Waals surface area contributed by atoms with Gasteiger partial charge in [-0.05, 0) is 46.6 Å². The number of hydrogen-bond acceptors (Lipinski definition) is 6. The second kappa shape index (κ2) is 8.87. The molecule has 0 spiro atoms. The molecule has 150 valence electrons. The van der Waals surface area contributed by atoms with Gasteiger partial charge in [0.1, 0.15) is 17.0 Å². The Morgan fingerprint density at radius 1 is 1.19 bits per heavy atom. The number of hydrogen-bond donors (Lipinski definition) is 0. The number of anilines is 1. The van der Waals surface area contributed by atoms with Crippen molar-refractivity contribution < 1.29 is 23.9 Å². The van der Waals surface area contributed by atoms with Gasteiger partial charge in [0, 0.05) is 10.8 Å². The fraction of sp³-hybridized carbons (Fsp3) is 0.650. The molecule has 0 atom stereocenters. The minimum atomic E-state index is -0.646. The van der Waals surface area contributed by atoms with Crippen LogP contribution in [-0.2, 0) is 19.1 Å². The first-order valence-electron chi connectivity index (χ1n) is 9.34. The Kier molecular flexibility index (Phi) is 7.03. The lowest BCUT2D eigenvalue weighted by atomic mass is 9.88. The van der Waals surface area contributed by atoms with Gasteiger partial charge in [-0.1, -0.05) is 19.3 Å². The van der Waals surface area contributed by atoms with E-state index in [1.165, 1.54) is 23.3 Å². The lowest BCUT2D eigenvalue weighted by molar-refractivity contribution is -0.153. The molecular formula is C20H29NO5S. The molecule has 7 heteroatoms. The summed E-state index contributed by atoms with van der Waals surface area (Å²) in [6.07, 6.45) is 4.74. The highest BCUT2D eigenvalue weighted by Crippen LogP contribution is 2.34. The van der Waals surface area contributed by atoms with Crippen LogP contribution in [0.2, 0.25) is 0 Å². The zero-order valence-corrected chi connectivity index (χ0v) is 17.6. The lowest BCUT2D eigenvalue weighted by Crippen LogP contribution is -2.42. The number of carbonyl (C=O) groups is 3. The quantitative estimate of drug-likeness (QED) is 0.702. The van der Waals surface area contributed by atoms with Gasteiger partial charge >= 0.3 is 11.9 Å². The third kappa shape index (κ3) is 5.79. The predicted octanol–water partition coefficient (Wildman–Crippen LogP) is 4.10. The molecule has 2 rings (SSSR count). The molecule has 1 saturated carbocycles. The first-order chi connectivity index (χ1) is 12.6. The third-order valence-corrected chi connectivity index (χ3v) is 5.44. The van der Waals surface area contributed by atoms with E-state index in [0.29, 0.717) is 10.6 Å². The van der Waals surface area contributed by atoms with E-state index in [2.05, 4.69) is 0 Å². The molecule has 0 radical (unpaired) electrons. The smallest absolute Gasteiger partial charge is 0.350 e. The van der Waals surface area contributed by atoms with Crippen molar-refractivity contribution in [1.29, 1.82) is 0 Å². The standard InChI is InChI=1S/C20H29NO5S/c1-13-11-15(17(27-13)19(24)25-5)21(12-16(22)26-20(2,3)4)18(23)14-9-7-6-8-10-14/h11,14H,6-10,12H2,1-5H3. The molecule has 1 amide bonds. The van der Waals surface area contributed by atoms with Crippen molar-refractivity contribution in [2.75, 3.05) is 18.6 Å². The molecule has 0 unspecified atom stereocenters. The Hall–Kier alpha value is -1.89. The molecule has 0 aliphatic heterocycles. The zero-order chi connectivity index (χ0) is 20.2. The first kappa shape index (κ1) is 21.4. The van der Waals surface area contributed by atoms with Gasteiger partial charge < -0.3 is 9.47 Å². The Morgan fingerprint density at radius 3 is 2.37 bits per heavy atom. The minimum Gasteiger partial charge on any atom is -0.465 e. The predicted molar refractivity (Wildman–Crippen MR) is 105 cm³/mol. The average Bonchev–Trinajstić information content (AvgIpc) is 2.99. The molecule has 1 fully saturated rings. The number of aryl methyl sites for hydroxylation is 1. The monoisotopic (exact) mass is 395 g/mol. The van der Waals surface area contributed by atoms with Crippen molar-refractivity contribution in [3.63, 3.8) is 0 Å². The molecule has 1 heterocycles. The van der Waals surface area contributed by atoms with E-state index < -0.39 is 17.5 Å². The summed E-state index contributed by atoms with van der Waals surface area (Å²) in [5.74, 6) is -1.25. The van der Waals surface area contributed by atoms with Gasteiger partial charge in [0.25, 0.3) is 0 Å². The topological polar surface area (TPSA) is 72.9 Å². The summed E-state index contributed by atoms with van der Waals surface area (Å²) in [5, 5.41) is 0. The highest BCUT2D eigenvalue weighted by Gasteiger charge is 2.33. The van der Waals surface area contributed by atoms with Gasteiger partial charge in [0.2, 0.25) is 5.91 Å². The molecule has 1 aliphatic carbocycles. The Labute approximate surface area is 164 Å². The summed E-state index contributed by atoms with van der Waals surface area (Å²) >= 11 is 1.26. The number of esters is 2. The molecule has 0 bridgehead atoms. The fourth-order valence-corrected chi connectivity index (χ4v) is 4.23. The van der Waals surface area contributed by atoms with Crippen LogP contribution in [0.3, 0.4) is 0 Å². The van der Waals surface area contributed by atoms with Crippen molar-refractivity contribution in [3.05, 3.63) is 15.8 Å². The Morgan fingerprint density at radius 2 is 1.81 bits per heavy atom. The van der Waals surface area contributed by atoms with E-state index in [9.17, 15) is 14.4 Å². The van der Waals surface area contributed by atoms with Crippen LogP contribution < -0.4 is 4.90 Å². The summed E-state index contributed by atoms with van der Waals surface area (Å²) in [6.45, 7) is 7.00. The Balaban J connectivity index is 2.36. The van der Waals surface area contributed by atoms with E-state index in [1.54, 1.807) is 26.8 Å². The largest absolute Gasteiger partial charge is 0.465 e. The third-order valence-electron chi connectivity index (χ3n) is 4.42. The number of methoxy groups -OCH3 is 1. The number of rotatable bonds is 5. The summed E-state index contributed by atoms with van der Waals surface area (Å²) in [7, 11) is 1.31. The summed E-state index contributed by atoms with van der Waals surface area (Å²) < 4.78 is 10.3. The molecule has 27 heavy (non-hydrogen) atoms. The maximum absolute atomic E-state index is 13.2. The first-order valence-corrected chi connectivity index (χ1v) is 10.2. The highest BCUT2D eigenvalue weighted by atomic mass is 32.1. The van der Waals surface area contributed by atoms with E-state index in [-0.39, 0.29) is 18.4 Å². The molecule has 1 aromatic rings. The fourth-order valence-electron chi connectivity index (χ4n) is 3.29. The number of nitrogens with zero attached hydrogens (tertiary/aromatic N) is 1. The van der Waals surface area contributed by atoms with Crippen LogP contribution in [0.1, 0.15) is 67.4 Å². The number of ether oxygens (including phenoxy) is 2. The molecule has 1 aromatic heterocycles. The van der Waals surface area contributed by atoms with Gasteiger partial charge in [-0.15, -0.1) is 11.3 Å². The second-order valence-electron chi connectivity index (χ2n) is 7.91. The Bertz CT molecular complexity index is 698. The van der Waals surface area contributed by atoms with Crippen molar-refractivity contribution in [2.45, 2.75) is 65.4 Å². The maximum Gasteiger partial charge on any atom is 0.350 e. The lowest BCUT2D eigenvalue weighted by Gasteiger charge is -2.30. The number of amides is 1.